The van der Waals surface area contributed by atoms with E-state index >= 15 is 0 Å². The lowest BCUT2D eigenvalue weighted by Gasteiger charge is -2.06. The normalized spacial score (nSPS) is 20.5. The molecule has 1 aromatic carbocycles. The maximum absolute atomic E-state index is 10.8. The molecule has 0 fully saturated rings. The van der Waals surface area contributed by atoms with E-state index in [1.54, 1.807) is 0 Å². The number of aliphatic hydroxyl groups excluding tert-OH is 1. The lowest BCUT2D eigenvalue weighted by atomic mass is 10.1. The zero-order valence-corrected chi connectivity index (χ0v) is 7.51. The van der Waals surface area contributed by atoms with Gasteiger partial charge in [0.05, 0.1) is 0 Å². The molecule has 3 heteroatoms. The van der Waals surface area contributed by atoms with Crippen molar-refractivity contribution >= 4 is 5.97 Å². The summed E-state index contributed by atoms with van der Waals surface area (Å²) < 4.78 is 4.57. The number of ether oxygens (including phenoxy) is 1. The van der Waals surface area contributed by atoms with E-state index in [-0.39, 0.29) is 0 Å². The average Bonchev–Trinajstić information content (AvgIpc) is 2.47. The number of aliphatic hydroxyl groups is 1. The van der Waals surface area contributed by atoms with Gasteiger partial charge in [-0.2, -0.15) is 0 Å². The lowest BCUT2D eigenvalue weighted by molar-refractivity contribution is -0.151. The first-order valence-electron chi connectivity index (χ1n) is 4.39. The van der Waals surface area contributed by atoms with Crippen LogP contribution in [0, 0.1) is 0 Å². The summed E-state index contributed by atoms with van der Waals surface area (Å²) in [6, 6.07) is 9.64. The molecule has 0 amide bonds. The zero-order chi connectivity index (χ0) is 9.97. The fourth-order valence-electron chi connectivity index (χ4n) is 1.41. The summed E-state index contributed by atoms with van der Waals surface area (Å²) in [4.78, 5) is 10.8. The van der Waals surface area contributed by atoms with Gasteiger partial charge in [0, 0.05) is 18.1 Å². The molecular formula is C11H10O3. The van der Waals surface area contributed by atoms with E-state index in [1.165, 1.54) is 6.08 Å². The van der Waals surface area contributed by atoms with E-state index in [1.807, 2.05) is 30.3 Å². The molecule has 1 heterocycles. The predicted molar refractivity (Wildman–Crippen MR) is 50.3 cm³/mol. The third-order valence-electron chi connectivity index (χ3n) is 2.10. The minimum absolute atomic E-state index is 0.469. The minimum atomic E-state index is -1.07. The Kier molecular flexibility index (Phi) is 2.33. The van der Waals surface area contributed by atoms with Gasteiger partial charge in [-0.25, -0.2) is 4.79 Å². The van der Waals surface area contributed by atoms with Crippen LogP contribution in [0.1, 0.15) is 5.56 Å². The molecule has 0 radical (unpaired) electrons. The van der Waals surface area contributed by atoms with E-state index in [9.17, 15) is 9.90 Å². The van der Waals surface area contributed by atoms with E-state index in [4.69, 9.17) is 0 Å². The fraction of sp³-hybridized carbons (Fsp3) is 0.182. The molecule has 1 atom stereocenters. The summed E-state index contributed by atoms with van der Waals surface area (Å²) in [5.74, 6) is -0.469. The number of cyclic esters (lactones) is 1. The molecule has 0 saturated carbocycles. The molecular weight excluding hydrogens is 180 g/mol. The van der Waals surface area contributed by atoms with Gasteiger partial charge in [0.25, 0.3) is 0 Å². The van der Waals surface area contributed by atoms with Crippen LogP contribution in [0.15, 0.2) is 42.0 Å². The van der Waals surface area contributed by atoms with Crippen molar-refractivity contribution in [2.75, 3.05) is 0 Å². The third-order valence-corrected chi connectivity index (χ3v) is 2.10. The second kappa shape index (κ2) is 3.64. The van der Waals surface area contributed by atoms with Gasteiger partial charge in [0.1, 0.15) is 0 Å². The highest BCUT2D eigenvalue weighted by Gasteiger charge is 2.23. The van der Waals surface area contributed by atoms with Gasteiger partial charge in [-0.3, -0.25) is 0 Å². The van der Waals surface area contributed by atoms with E-state index in [2.05, 4.69) is 4.74 Å². The van der Waals surface area contributed by atoms with Crippen LogP contribution in [-0.2, 0) is 16.0 Å². The number of hydrogen-bond acceptors (Lipinski definition) is 3. The van der Waals surface area contributed by atoms with Gasteiger partial charge >= 0.3 is 5.97 Å². The zero-order valence-electron chi connectivity index (χ0n) is 7.51. The smallest absolute Gasteiger partial charge is 0.333 e. The highest BCUT2D eigenvalue weighted by Crippen LogP contribution is 2.17. The van der Waals surface area contributed by atoms with Gasteiger partial charge in [0.15, 0.2) is 0 Å². The van der Waals surface area contributed by atoms with Crippen LogP contribution < -0.4 is 0 Å². The molecule has 0 saturated heterocycles. The van der Waals surface area contributed by atoms with E-state index in [0.717, 1.165) is 5.56 Å². The monoisotopic (exact) mass is 190 g/mol. The Morgan fingerprint density at radius 1 is 1.29 bits per heavy atom. The van der Waals surface area contributed by atoms with Crippen LogP contribution in [0.25, 0.3) is 0 Å². The Bertz CT molecular complexity index is 367. The number of benzene rings is 1. The van der Waals surface area contributed by atoms with Gasteiger partial charge < -0.3 is 9.84 Å². The summed E-state index contributed by atoms with van der Waals surface area (Å²) >= 11 is 0. The molecule has 1 unspecified atom stereocenters. The fourth-order valence-corrected chi connectivity index (χ4v) is 1.41. The van der Waals surface area contributed by atoms with Crippen LogP contribution in [0.2, 0.25) is 0 Å². The maximum atomic E-state index is 10.8. The highest BCUT2D eigenvalue weighted by atomic mass is 16.6. The second-order valence-electron chi connectivity index (χ2n) is 3.17. The first-order chi connectivity index (χ1) is 6.75. The van der Waals surface area contributed by atoms with Gasteiger partial charge in [-0.1, -0.05) is 30.3 Å². The molecule has 1 aromatic rings. The first-order valence-corrected chi connectivity index (χ1v) is 4.39. The quantitative estimate of drug-likeness (QED) is 0.708. The summed E-state index contributed by atoms with van der Waals surface area (Å²) in [5, 5.41) is 9.31. The van der Waals surface area contributed by atoms with Crippen molar-refractivity contribution in [3.8, 4) is 0 Å². The van der Waals surface area contributed by atoms with Crippen molar-refractivity contribution in [1.29, 1.82) is 0 Å². The Labute approximate surface area is 81.6 Å². The molecule has 14 heavy (non-hydrogen) atoms. The third kappa shape index (κ3) is 1.83. The Balaban J connectivity index is 2.12. The standard InChI is InChI=1S/C11H10O3/c12-10-7-9(11(13)14-10)6-8-4-2-1-3-5-8/h1-5,7,11,13H,6H2. The summed E-state index contributed by atoms with van der Waals surface area (Å²) in [6.45, 7) is 0. The highest BCUT2D eigenvalue weighted by molar-refractivity contribution is 5.85. The molecule has 3 nitrogen and oxygen atoms in total. The van der Waals surface area contributed by atoms with Gasteiger partial charge in [-0.15, -0.1) is 0 Å². The molecule has 72 valence electrons. The van der Waals surface area contributed by atoms with Crippen molar-refractivity contribution in [3.63, 3.8) is 0 Å². The van der Waals surface area contributed by atoms with Crippen LogP contribution in [0.4, 0.5) is 0 Å². The number of carbonyl (C=O) groups excluding carboxylic acids is 1. The largest absolute Gasteiger partial charge is 0.429 e. The molecule has 0 spiro atoms. The van der Waals surface area contributed by atoms with E-state index < -0.39 is 12.3 Å². The minimum Gasteiger partial charge on any atom is -0.429 e. The SMILES string of the molecule is O=C1C=C(Cc2ccccc2)C(O)O1. The van der Waals surface area contributed by atoms with E-state index in [0.29, 0.717) is 12.0 Å². The molecule has 0 bridgehead atoms. The van der Waals surface area contributed by atoms with Crippen molar-refractivity contribution in [2.45, 2.75) is 12.7 Å². The Morgan fingerprint density at radius 3 is 2.57 bits per heavy atom. The predicted octanol–water partition coefficient (Wildman–Crippen LogP) is 1.03. The van der Waals surface area contributed by atoms with Crippen molar-refractivity contribution in [2.24, 2.45) is 0 Å². The van der Waals surface area contributed by atoms with Crippen molar-refractivity contribution in [3.05, 3.63) is 47.5 Å². The van der Waals surface area contributed by atoms with Crippen LogP contribution in [0.3, 0.4) is 0 Å². The number of hydrogen-bond donors (Lipinski definition) is 1. The summed E-state index contributed by atoms with van der Waals surface area (Å²) in [7, 11) is 0. The molecule has 1 aliphatic heterocycles. The summed E-state index contributed by atoms with van der Waals surface area (Å²) in [6.07, 6.45) is 0.827. The molecule has 1 aliphatic rings. The van der Waals surface area contributed by atoms with Crippen LogP contribution in [0.5, 0.6) is 0 Å². The summed E-state index contributed by atoms with van der Waals surface area (Å²) in [5.41, 5.74) is 1.66. The number of carbonyl (C=O) groups is 1. The topological polar surface area (TPSA) is 46.5 Å². The van der Waals surface area contributed by atoms with Gasteiger partial charge in [-0.05, 0) is 5.56 Å². The first kappa shape index (κ1) is 8.97. The second-order valence-corrected chi connectivity index (χ2v) is 3.17. The number of rotatable bonds is 2. The van der Waals surface area contributed by atoms with Gasteiger partial charge in [0.2, 0.25) is 6.29 Å². The van der Waals surface area contributed by atoms with Crippen molar-refractivity contribution in [1.82, 2.24) is 0 Å². The van der Waals surface area contributed by atoms with Crippen LogP contribution >= 0.6 is 0 Å². The molecule has 1 N–H and O–H groups in total. The van der Waals surface area contributed by atoms with Crippen molar-refractivity contribution < 1.29 is 14.6 Å². The van der Waals surface area contributed by atoms with Crippen LogP contribution in [-0.4, -0.2) is 17.4 Å². The molecule has 0 aromatic heterocycles. The molecule has 2 rings (SSSR count). The molecule has 0 aliphatic carbocycles. The Morgan fingerprint density at radius 2 is 2.00 bits per heavy atom. The number of esters is 1. The Hall–Kier alpha value is -1.61. The lowest BCUT2D eigenvalue weighted by Crippen LogP contribution is -2.11. The average molecular weight is 190 g/mol. The maximum Gasteiger partial charge on any atom is 0.333 e.